The van der Waals surface area contributed by atoms with Crippen molar-refractivity contribution >= 4 is 23.4 Å². The summed E-state index contributed by atoms with van der Waals surface area (Å²) in [6.45, 7) is 9.14. The standard InChI is InChI=1S/C14H21NS/c1-11(2)9-14(3,4)12-5-7-13(8-6-12)15-10-16/h5-8,10-11H,9H2,1-4H3,(H,15,16). The summed E-state index contributed by atoms with van der Waals surface area (Å²) in [5.74, 6) is 0.716. The molecule has 88 valence electrons. The van der Waals surface area contributed by atoms with Crippen LogP contribution in [0.4, 0.5) is 5.69 Å². The van der Waals surface area contributed by atoms with E-state index in [1.165, 1.54) is 17.5 Å². The van der Waals surface area contributed by atoms with Crippen LogP contribution in [0.5, 0.6) is 0 Å². The number of hydrogen-bond donors (Lipinski definition) is 1. The third-order valence-corrected chi connectivity index (χ3v) is 2.93. The van der Waals surface area contributed by atoms with Crippen LogP contribution in [0.15, 0.2) is 24.3 Å². The molecule has 0 aliphatic heterocycles. The van der Waals surface area contributed by atoms with Crippen molar-refractivity contribution in [3.8, 4) is 0 Å². The molecule has 2 heteroatoms. The van der Waals surface area contributed by atoms with Crippen molar-refractivity contribution in [2.75, 3.05) is 5.32 Å². The summed E-state index contributed by atoms with van der Waals surface area (Å²) < 4.78 is 0. The number of nitrogens with one attached hydrogen (secondary N) is 1. The van der Waals surface area contributed by atoms with E-state index in [1.54, 1.807) is 0 Å². The van der Waals surface area contributed by atoms with Crippen LogP contribution < -0.4 is 5.32 Å². The topological polar surface area (TPSA) is 12.0 Å². The quantitative estimate of drug-likeness (QED) is 0.760. The summed E-state index contributed by atoms with van der Waals surface area (Å²) >= 11 is 4.76. The largest absolute Gasteiger partial charge is 0.353 e. The third kappa shape index (κ3) is 3.60. The minimum atomic E-state index is 0.240. The monoisotopic (exact) mass is 235 g/mol. The van der Waals surface area contributed by atoms with Gasteiger partial charge in [-0.05, 0) is 35.4 Å². The molecule has 0 aliphatic rings. The molecule has 0 spiro atoms. The fourth-order valence-corrected chi connectivity index (χ4v) is 2.36. The summed E-state index contributed by atoms with van der Waals surface area (Å²) in [7, 11) is 0. The predicted molar refractivity (Wildman–Crippen MR) is 76.2 cm³/mol. The van der Waals surface area contributed by atoms with Gasteiger partial charge in [-0.15, -0.1) is 0 Å². The lowest BCUT2D eigenvalue weighted by atomic mass is 9.78. The second kappa shape index (κ2) is 5.44. The molecule has 0 fully saturated rings. The highest BCUT2D eigenvalue weighted by Crippen LogP contribution is 2.30. The van der Waals surface area contributed by atoms with E-state index < -0.39 is 0 Å². The van der Waals surface area contributed by atoms with E-state index in [1.807, 2.05) is 0 Å². The van der Waals surface area contributed by atoms with Crippen molar-refractivity contribution < 1.29 is 0 Å². The van der Waals surface area contributed by atoms with Crippen LogP contribution in [0.3, 0.4) is 0 Å². The van der Waals surface area contributed by atoms with Crippen LogP contribution in [-0.4, -0.2) is 5.49 Å². The Balaban J connectivity index is 2.83. The molecule has 0 bridgehead atoms. The fraction of sp³-hybridized carbons (Fsp3) is 0.500. The van der Waals surface area contributed by atoms with E-state index in [0.29, 0.717) is 5.92 Å². The van der Waals surface area contributed by atoms with Crippen molar-refractivity contribution in [1.29, 1.82) is 0 Å². The van der Waals surface area contributed by atoms with Gasteiger partial charge in [0.25, 0.3) is 0 Å². The highest BCUT2D eigenvalue weighted by molar-refractivity contribution is 7.79. The van der Waals surface area contributed by atoms with Gasteiger partial charge in [-0.3, -0.25) is 0 Å². The van der Waals surface area contributed by atoms with Gasteiger partial charge in [-0.25, -0.2) is 0 Å². The Morgan fingerprint density at radius 1 is 1.25 bits per heavy atom. The van der Waals surface area contributed by atoms with Gasteiger partial charge in [0.15, 0.2) is 0 Å². The van der Waals surface area contributed by atoms with Gasteiger partial charge in [0, 0.05) is 5.69 Å². The van der Waals surface area contributed by atoms with Gasteiger partial charge < -0.3 is 5.32 Å². The molecule has 1 aromatic carbocycles. The van der Waals surface area contributed by atoms with Crippen molar-refractivity contribution in [3.63, 3.8) is 0 Å². The molecule has 1 rings (SSSR count). The van der Waals surface area contributed by atoms with Crippen LogP contribution in [0.1, 0.15) is 39.7 Å². The summed E-state index contributed by atoms with van der Waals surface area (Å²) in [4.78, 5) is 0. The van der Waals surface area contributed by atoms with E-state index in [0.717, 1.165) is 5.69 Å². The average molecular weight is 235 g/mol. The van der Waals surface area contributed by atoms with Gasteiger partial charge in [-0.1, -0.05) is 52.0 Å². The van der Waals surface area contributed by atoms with Crippen molar-refractivity contribution in [2.45, 2.75) is 39.5 Å². The molecule has 0 amide bonds. The van der Waals surface area contributed by atoms with Crippen molar-refractivity contribution in [1.82, 2.24) is 0 Å². The van der Waals surface area contributed by atoms with Gasteiger partial charge >= 0.3 is 0 Å². The molecule has 1 N–H and O–H groups in total. The van der Waals surface area contributed by atoms with Crippen LogP contribution in [0.25, 0.3) is 0 Å². The van der Waals surface area contributed by atoms with Gasteiger partial charge in [0.05, 0.1) is 5.49 Å². The Morgan fingerprint density at radius 2 is 1.81 bits per heavy atom. The second-order valence-electron chi connectivity index (χ2n) is 5.32. The summed E-state index contributed by atoms with van der Waals surface area (Å²) in [6, 6.07) is 8.54. The molecular weight excluding hydrogens is 214 g/mol. The average Bonchev–Trinajstić information content (AvgIpc) is 2.17. The molecule has 0 unspecified atom stereocenters. The molecule has 0 atom stereocenters. The third-order valence-electron chi connectivity index (χ3n) is 2.81. The summed E-state index contributed by atoms with van der Waals surface area (Å²) in [6.07, 6.45) is 1.20. The number of benzene rings is 1. The Hall–Kier alpha value is -0.890. The first-order valence-corrected chi connectivity index (χ1v) is 6.23. The lowest BCUT2D eigenvalue weighted by Gasteiger charge is -2.27. The Kier molecular flexibility index (Phi) is 4.48. The van der Waals surface area contributed by atoms with E-state index in [2.05, 4.69) is 57.3 Å². The Morgan fingerprint density at radius 3 is 2.25 bits per heavy atom. The maximum Gasteiger partial charge on any atom is 0.0658 e. The molecule has 1 nitrogen and oxygen atoms in total. The molecule has 0 aromatic heterocycles. The normalized spacial score (nSPS) is 11.6. The predicted octanol–water partition coefficient (Wildman–Crippen LogP) is 4.38. The van der Waals surface area contributed by atoms with Crippen molar-refractivity contribution in [3.05, 3.63) is 29.8 Å². The Labute approximate surface area is 104 Å². The lowest BCUT2D eigenvalue weighted by Crippen LogP contribution is -2.19. The molecule has 0 aliphatic carbocycles. The first kappa shape index (κ1) is 13.2. The summed E-state index contributed by atoms with van der Waals surface area (Å²) in [5, 5.41) is 3.02. The number of hydrogen-bond acceptors (Lipinski definition) is 1. The minimum absolute atomic E-state index is 0.240. The second-order valence-corrected chi connectivity index (χ2v) is 5.56. The highest BCUT2D eigenvalue weighted by Gasteiger charge is 2.21. The van der Waals surface area contributed by atoms with Crippen LogP contribution in [-0.2, 0) is 5.41 Å². The number of anilines is 1. The SMILES string of the molecule is CC(C)CC(C)(C)c1ccc(NC=S)cc1. The minimum Gasteiger partial charge on any atom is -0.353 e. The van der Waals surface area contributed by atoms with Gasteiger partial charge in [0.2, 0.25) is 0 Å². The zero-order chi connectivity index (χ0) is 12.2. The van der Waals surface area contributed by atoms with Crippen LogP contribution in [0.2, 0.25) is 0 Å². The highest BCUT2D eigenvalue weighted by atomic mass is 32.1. The van der Waals surface area contributed by atoms with Crippen molar-refractivity contribution in [2.24, 2.45) is 5.92 Å². The molecule has 0 saturated heterocycles. The molecule has 16 heavy (non-hydrogen) atoms. The molecule has 1 aromatic rings. The van der Waals surface area contributed by atoms with E-state index in [-0.39, 0.29) is 5.41 Å². The Bertz CT molecular complexity index is 338. The number of rotatable bonds is 5. The maximum absolute atomic E-state index is 4.76. The fourth-order valence-electron chi connectivity index (χ4n) is 2.22. The molecule has 0 heterocycles. The first-order chi connectivity index (χ1) is 7.45. The van der Waals surface area contributed by atoms with Crippen LogP contribution in [0, 0.1) is 5.92 Å². The molecular formula is C14H21NS. The van der Waals surface area contributed by atoms with Gasteiger partial charge in [-0.2, -0.15) is 0 Å². The molecule has 0 radical (unpaired) electrons. The molecule has 0 saturated carbocycles. The number of thiocarbonyl (C=S) groups is 1. The summed E-state index contributed by atoms with van der Waals surface area (Å²) in [5.41, 5.74) is 4.22. The van der Waals surface area contributed by atoms with E-state index in [9.17, 15) is 0 Å². The maximum atomic E-state index is 4.76. The van der Waals surface area contributed by atoms with Gasteiger partial charge in [0.1, 0.15) is 0 Å². The first-order valence-electron chi connectivity index (χ1n) is 5.76. The zero-order valence-electron chi connectivity index (χ0n) is 10.6. The zero-order valence-corrected chi connectivity index (χ0v) is 11.4. The van der Waals surface area contributed by atoms with E-state index >= 15 is 0 Å². The van der Waals surface area contributed by atoms with Crippen LogP contribution >= 0.6 is 12.2 Å². The smallest absolute Gasteiger partial charge is 0.0658 e. The van der Waals surface area contributed by atoms with E-state index in [4.69, 9.17) is 12.2 Å². The lowest BCUT2D eigenvalue weighted by molar-refractivity contribution is 0.400.